The number of Topliss-reactive ketones (excluding diaryl/α,β-unsaturated/α-hetero) is 1. The van der Waals surface area contributed by atoms with E-state index >= 15 is 0 Å². The van der Waals surface area contributed by atoms with E-state index in [1.165, 1.54) is 40.7 Å². The van der Waals surface area contributed by atoms with Crippen molar-refractivity contribution in [2.24, 2.45) is 4.99 Å². The molecule has 0 aromatic heterocycles. The molecule has 0 aliphatic carbocycles. The van der Waals surface area contributed by atoms with Crippen molar-refractivity contribution in [3.63, 3.8) is 0 Å². The monoisotopic (exact) mass is 437 g/mol. The van der Waals surface area contributed by atoms with Gasteiger partial charge in [0.2, 0.25) is 5.75 Å². The van der Waals surface area contributed by atoms with Gasteiger partial charge in [-0.3, -0.25) is 9.79 Å². The Kier molecular flexibility index (Phi) is 7.06. The van der Waals surface area contributed by atoms with Gasteiger partial charge in [0.25, 0.3) is 0 Å². The lowest BCUT2D eigenvalue weighted by molar-refractivity contribution is 0.1000. The molecule has 0 spiro atoms. The van der Waals surface area contributed by atoms with E-state index in [0.717, 1.165) is 0 Å². The van der Waals surface area contributed by atoms with Gasteiger partial charge in [-0.05, 0) is 34.1 Å². The quantitative estimate of drug-likeness (QED) is 0.492. The minimum absolute atomic E-state index is 0.0224. The number of carbonyl (C=O) groups is 1. The van der Waals surface area contributed by atoms with Crippen molar-refractivity contribution in [3.05, 3.63) is 34.3 Å². The first-order valence-electron chi connectivity index (χ1n) is 7.88. The second-order valence-electron chi connectivity index (χ2n) is 5.30. The zero-order valence-corrected chi connectivity index (χ0v) is 17.0. The third-order valence-corrected chi connectivity index (χ3v) is 4.54. The number of phenolic OH excluding ortho intramolecular Hbond substituents is 1. The van der Waals surface area contributed by atoms with Crippen molar-refractivity contribution in [1.82, 2.24) is 0 Å². The summed E-state index contributed by atoms with van der Waals surface area (Å²) in [6.07, 6.45) is 1.52. The number of hydrogen-bond acceptors (Lipinski definition) is 7. The number of hydrogen-bond donors (Lipinski definition) is 1. The Bertz CT molecular complexity index is 866. The molecule has 144 valence electrons. The minimum Gasteiger partial charge on any atom is -0.504 e. The molecule has 0 aliphatic rings. The Morgan fingerprint density at radius 2 is 1.70 bits per heavy atom. The smallest absolute Gasteiger partial charge is 0.204 e. The largest absolute Gasteiger partial charge is 0.504 e. The van der Waals surface area contributed by atoms with Crippen molar-refractivity contribution in [3.8, 4) is 28.7 Å². The van der Waals surface area contributed by atoms with E-state index in [0.29, 0.717) is 38.7 Å². The van der Waals surface area contributed by atoms with E-state index in [2.05, 4.69) is 20.9 Å². The van der Waals surface area contributed by atoms with E-state index in [1.807, 2.05) is 0 Å². The number of ether oxygens (including phenoxy) is 4. The average Bonchev–Trinajstić information content (AvgIpc) is 2.67. The van der Waals surface area contributed by atoms with Crippen LogP contribution in [0.25, 0.3) is 0 Å². The number of ketones is 1. The lowest BCUT2D eigenvalue weighted by Crippen LogP contribution is -2.05. The van der Waals surface area contributed by atoms with Crippen molar-refractivity contribution in [2.75, 3.05) is 28.4 Å². The Morgan fingerprint density at radius 3 is 2.26 bits per heavy atom. The highest BCUT2D eigenvalue weighted by molar-refractivity contribution is 9.10. The first kappa shape index (κ1) is 20.6. The summed E-state index contributed by atoms with van der Waals surface area (Å²) in [7, 11) is 5.92. The van der Waals surface area contributed by atoms with Crippen LogP contribution in [0.2, 0.25) is 0 Å². The summed E-state index contributed by atoms with van der Waals surface area (Å²) < 4.78 is 21.4. The summed E-state index contributed by atoms with van der Waals surface area (Å²) in [4.78, 5) is 16.8. The molecular weight excluding hydrogens is 418 g/mol. The summed E-state index contributed by atoms with van der Waals surface area (Å²) in [5.41, 5.74) is 0.888. The van der Waals surface area contributed by atoms with Crippen LogP contribution in [0.1, 0.15) is 16.8 Å². The fraction of sp³-hybridized carbons (Fsp3) is 0.263. The number of benzene rings is 2. The Labute approximate surface area is 165 Å². The number of halogens is 1. The normalized spacial score (nSPS) is 10.7. The molecule has 0 saturated heterocycles. The second-order valence-corrected chi connectivity index (χ2v) is 6.09. The first-order chi connectivity index (χ1) is 13.0. The van der Waals surface area contributed by atoms with Gasteiger partial charge in [0, 0.05) is 24.3 Å². The van der Waals surface area contributed by atoms with Crippen molar-refractivity contribution in [2.45, 2.75) is 6.42 Å². The van der Waals surface area contributed by atoms with Crippen LogP contribution in [0.5, 0.6) is 28.7 Å². The van der Waals surface area contributed by atoms with Crippen LogP contribution in [0.3, 0.4) is 0 Å². The first-order valence-corrected chi connectivity index (χ1v) is 8.67. The topological polar surface area (TPSA) is 86.6 Å². The number of rotatable bonds is 8. The molecule has 0 fully saturated rings. The molecule has 0 amide bonds. The van der Waals surface area contributed by atoms with Gasteiger partial charge < -0.3 is 24.1 Å². The Hall–Kier alpha value is -2.74. The minimum atomic E-state index is -0.192. The maximum atomic E-state index is 12.6. The van der Waals surface area contributed by atoms with Crippen LogP contribution in [-0.2, 0) is 0 Å². The molecular formula is C19H20BrNO6. The number of methoxy groups -OCH3 is 4. The molecule has 0 saturated carbocycles. The van der Waals surface area contributed by atoms with E-state index in [9.17, 15) is 9.90 Å². The third kappa shape index (κ3) is 4.51. The maximum Gasteiger partial charge on any atom is 0.204 e. The summed E-state index contributed by atoms with van der Waals surface area (Å²) >= 11 is 3.39. The molecule has 8 heteroatoms. The van der Waals surface area contributed by atoms with Crippen LogP contribution in [0.4, 0.5) is 5.69 Å². The fourth-order valence-corrected chi connectivity index (χ4v) is 3.10. The second kappa shape index (κ2) is 9.27. The Morgan fingerprint density at radius 1 is 1.04 bits per heavy atom. The molecule has 0 aliphatic heterocycles. The van der Waals surface area contributed by atoms with Gasteiger partial charge in [-0.15, -0.1) is 0 Å². The molecule has 0 heterocycles. The highest BCUT2D eigenvalue weighted by Gasteiger charge is 2.22. The van der Waals surface area contributed by atoms with E-state index in [1.54, 1.807) is 18.2 Å². The van der Waals surface area contributed by atoms with Crippen molar-refractivity contribution < 1.29 is 28.8 Å². The average molecular weight is 438 g/mol. The molecule has 2 aromatic carbocycles. The molecule has 7 nitrogen and oxygen atoms in total. The van der Waals surface area contributed by atoms with Gasteiger partial charge >= 0.3 is 0 Å². The van der Waals surface area contributed by atoms with Gasteiger partial charge in [-0.1, -0.05) is 0 Å². The van der Waals surface area contributed by atoms with Crippen LogP contribution in [0.15, 0.2) is 33.7 Å². The van der Waals surface area contributed by atoms with Crippen LogP contribution in [-0.4, -0.2) is 45.5 Å². The van der Waals surface area contributed by atoms with E-state index in [-0.39, 0.29) is 18.0 Å². The van der Waals surface area contributed by atoms with Gasteiger partial charge in [-0.2, -0.15) is 0 Å². The highest BCUT2D eigenvalue weighted by Crippen LogP contribution is 2.45. The van der Waals surface area contributed by atoms with Crippen molar-refractivity contribution in [1.29, 1.82) is 0 Å². The number of nitrogens with zero attached hydrogens (tertiary/aromatic N) is 1. The number of aliphatic imine (C=N–C) groups is 1. The molecule has 2 rings (SSSR count). The number of carbonyl (C=O) groups excluding carboxylic acids is 1. The highest BCUT2D eigenvalue weighted by atomic mass is 79.9. The fourth-order valence-electron chi connectivity index (χ4n) is 2.43. The van der Waals surface area contributed by atoms with Gasteiger partial charge in [-0.25, -0.2) is 0 Å². The molecule has 1 N–H and O–H groups in total. The molecule has 0 unspecified atom stereocenters. The molecule has 0 bridgehead atoms. The van der Waals surface area contributed by atoms with Crippen LogP contribution >= 0.6 is 15.9 Å². The van der Waals surface area contributed by atoms with Crippen molar-refractivity contribution >= 4 is 33.6 Å². The molecule has 0 radical (unpaired) electrons. The summed E-state index contributed by atoms with van der Waals surface area (Å²) in [6, 6.07) is 6.31. The lowest BCUT2D eigenvalue weighted by atomic mass is 10.1. The lowest BCUT2D eigenvalue weighted by Gasteiger charge is -2.15. The zero-order valence-electron chi connectivity index (χ0n) is 15.4. The predicted octanol–water partition coefficient (Wildman–Crippen LogP) is 4.16. The maximum absolute atomic E-state index is 12.6. The third-order valence-electron chi connectivity index (χ3n) is 3.75. The standard InChI is InChI=1S/C19H20BrNO6/c1-24-15-6-5-11(9-14(15)23)21-8-7-13(22)12-10-16(25-2)18(26-3)19(27-4)17(12)20/h5-6,8-10,23H,7H2,1-4H3. The summed E-state index contributed by atoms with van der Waals surface area (Å²) in [6.45, 7) is 0. The number of aromatic hydroxyl groups is 1. The molecule has 2 aromatic rings. The van der Waals surface area contributed by atoms with E-state index < -0.39 is 0 Å². The summed E-state index contributed by atoms with van der Waals surface area (Å²) in [5, 5.41) is 9.77. The Balaban J connectivity index is 2.24. The van der Waals surface area contributed by atoms with Gasteiger partial charge in [0.1, 0.15) is 0 Å². The number of phenols is 1. The SMILES string of the molecule is COc1ccc(N=CCC(=O)c2cc(OC)c(OC)c(OC)c2Br)cc1O. The molecule has 0 atom stereocenters. The zero-order chi connectivity index (χ0) is 20.0. The molecule has 27 heavy (non-hydrogen) atoms. The summed E-state index contributed by atoms with van der Waals surface area (Å²) in [5.74, 6) is 1.29. The van der Waals surface area contributed by atoms with Gasteiger partial charge in [0.05, 0.1) is 38.6 Å². The van der Waals surface area contributed by atoms with E-state index in [4.69, 9.17) is 18.9 Å². The van der Waals surface area contributed by atoms with Gasteiger partial charge in [0.15, 0.2) is 28.8 Å². The van der Waals surface area contributed by atoms with Crippen LogP contribution in [0, 0.1) is 0 Å². The van der Waals surface area contributed by atoms with Crippen LogP contribution < -0.4 is 18.9 Å². The predicted molar refractivity (Wildman–Crippen MR) is 106 cm³/mol.